The van der Waals surface area contributed by atoms with Gasteiger partial charge >= 0.3 is 0 Å². The number of benzene rings is 1. The Morgan fingerprint density at radius 2 is 1.76 bits per heavy atom. The second-order valence-corrected chi connectivity index (χ2v) is 6.44. The molecule has 1 amide bonds. The van der Waals surface area contributed by atoms with Crippen LogP contribution in [-0.2, 0) is 0 Å². The monoisotopic (exact) mass is 387 g/mol. The number of rotatable bonds is 7. The molecule has 0 spiro atoms. The molecule has 1 aromatic carbocycles. The molecule has 0 saturated heterocycles. The number of amides is 1. The van der Waals surface area contributed by atoms with Crippen molar-refractivity contribution < 1.29 is 4.79 Å². The number of hydrogen-bond acceptors (Lipinski definition) is 5. The second kappa shape index (κ2) is 8.39. The van der Waals surface area contributed by atoms with E-state index in [1.807, 2.05) is 78.5 Å². The average molecular weight is 387 g/mol. The van der Waals surface area contributed by atoms with Crippen LogP contribution >= 0.6 is 0 Å². The first-order valence-corrected chi connectivity index (χ1v) is 9.31. The van der Waals surface area contributed by atoms with Gasteiger partial charge in [-0.1, -0.05) is 18.2 Å². The molecule has 0 aliphatic rings. The Hall–Kier alpha value is -3.94. The Labute approximate surface area is 168 Å². The first kappa shape index (κ1) is 18.4. The second-order valence-electron chi connectivity index (χ2n) is 6.44. The molecule has 0 saturated carbocycles. The Bertz CT molecular complexity index is 1070. The standard InChI is InChI=1S/C21H21N7O/c1-16-18(15-24-28(16)17-7-3-2-4-8-17)21(29)23-12-11-22-19-9-10-20(26-25-19)27-13-5-6-14-27/h2-10,13-15H,11-12H2,1H3,(H,22,25)(H,23,29). The minimum atomic E-state index is -0.152. The Morgan fingerprint density at radius 1 is 0.966 bits per heavy atom. The fraction of sp³-hybridized carbons (Fsp3) is 0.143. The summed E-state index contributed by atoms with van der Waals surface area (Å²) in [6.07, 6.45) is 5.42. The average Bonchev–Trinajstić information content (AvgIpc) is 3.42. The molecule has 8 heteroatoms. The highest BCUT2D eigenvalue weighted by molar-refractivity contribution is 5.95. The molecule has 3 heterocycles. The van der Waals surface area contributed by atoms with Gasteiger partial charge < -0.3 is 15.2 Å². The van der Waals surface area contributed by atoms with Gasteiger partial charge in [0, 0.05) is 25.5 Å². The highest BCUT2D eigenvalue weighted by Gasteiger charge is 2.14. The van der Waals surface area contributed by atoms with Crippen LogP contribution in [0.2, 0.25) is 0 Å². The van der Waals surface area contributed by atoms with Crippen molar-refractivity contribution in [3.8, 4) is 11.5 Å². The molecular weight excluding hydrogens is 366 g/mol. The van der Waals surface area contributed by atoms with Crippen LogP contribution in [0.5, 0.6) is 0 Å². The van der Waals surface area contributed by atoms with Crippen LogP contribution in [0.15, 0.2) is 73.2 Å². The van der Waals surface area contributed by atoms with Gasteiger partial charge in [0.25, 0.3) is 5.91 Å². The number of carbonyl (C=O) groups excluding carboxylic acids is 1. The minimum Gasteiger partial charge on any atom is -0.367 e. The summed E-state index contributed by atoms with van der Waals surface area (Å²) in [7, 11) is 0. The van der Waals surface area contributed by atoms with Crippen LogP contribution in [0.3, 0.4) is 0 Å². The smallest absolute Gasteiger partial charge is 0.254 e. The van der Waals surface area contributed by atoms with Crippen molar-refractivity contribution in [1.29, 1.82) is 0 Å². The van der Waals surface area contributed by atoms with Gasteiger partial charge in [0.2, 0.25) is 0 Å². The number of nitrogens with zero attached hydrogens (tertiary/aromatic N) is 5. The lowest BCUT2D eigenvalue weighted by Gasteiger charge is -2.08. The van der Waals surface area contributed by atoms with Crippen molar-refractivity contribution in [2.24, 2.45) is 0 Å². The quantitative estimate of drug-likeness (QED) is 0.476. The van der Waals surface area contributed by atoms with E-state index >= 15 is 0 Å². The molecule has 8 nitrogen and oxygen atoms in total. The Balaban J connectivity index is 1.29. The number of nitrogens with one attached hydrogen (secondary N) is 2. The lowest BCUT2D eigenvalue weighted by atomic mass is 10.2. The lowest BCUT2D eigenvalue weighted by molar-refractivity contribution is 0.0954. The van der Waals surface area contributed by atoms with Gasteiger partial charge in [-0.3, -0.25) is 4.79 Å². The van der Waals surface area contributed by atoms with Crippen LogP contribution < -0.4 is 10.6 Å². The molecule has 3 aromatic heterocycles. The van der Waals surface area contributed by atoms with E-state index < -0.39 is 0 Å². The molecule has 29 heavy (non-hydrogen) atoms. The van der Waals surface area contributed by atoms with Gasteiger partial charge in [0.1, 0.15) is 5.82 Å². The third kappa shape index (κ3) is 4.16. The van der Waals surface area contributed by atoms with Crippen LogP contribution in [0, 0.1) is 6.92 Å². The van der Waals surface area contributed by atoms with Crippen molar-refractivity contribution in [1.82, 2.24) is 29.9 Å². The molecule has 0 radical (unpaired) electrons. The molecule has 0 unspecified atom stereocenters. The number of para-hydroxylation sites is 1. The molecular formula is C21H21N7O. The number of aromatic nitrogens is 5. The summed E-state index contributed by atoms with van der Waals surface area (Å²) in [5, 5.41) is 18.7. The summed E-state index contributed by atoms with van der Waals surface area (Å²) in [5.41, 5.74) is 2.28. The molecule has 4 aromatic rings. The summed E-state index contributed by atoms with van der Waals surface area (Å²) < 4.78 is 3.64. The zero-order chi connectivity index (χ0) is 20.1. The highest BCUT2D eigenvalue weighted by atomic mass is 16.1. The van der Waals surface area contributed by atoms with Gasteiger partial charge in [0.05, 0.1) is 23.1 Å². The molecule has 0 bridgehead atoms. The van der Waals surface area contributed by atoms with Crippen molar-refractivity contribution >= 4 is 11.7 Å². The van der Waals surface area contributed by atoms with Crippen LogP contribution in [-0.4, -0.2) is 43.5 Å². The Morgan fingerprint density at radius 3 is 2.48 bits per heavy atom. The topological polar surface area (TPSA) is 89.7 Å². The molecule has 2 N–H and O–H groups in total. The third-order valence-electron chi connectivity index (χ3n) is 4.49. The predicted octanol–water partition coefficient (Wildman–Crippen LogP) is 2.60. The molecule has 146 valence electrons. The first-order chi connectivity index (χ1) is 14.2. The van der Waals surface area contributed by atoms with E-state index in [-0.39, 0.29) is 5.91 Å². The maximum Gasteiger partial charge on any atom is 0.254 e. The van der Waals surface area contributed by atoms with Crippen LogP contribution in [0.4, 0.5) is 5.82 Å². The highest BCUT2D eigenvalue weighted by Crippen LogP contribution is 2.13. The number of anilines is 1. The zero-order valence-electron chi connectivity index (χ0n) is 16.0. The lowest BCUT2D eigenvalue weighted by Crippen LogP contribution is -2.29. The van der Waals surface area contributed by atoms with E-state index in [9.17, 15) is 4.79 Å². The number of hydrogen-bond donors (Lipinski definition) is 2. The minimum absolute atomic E-state index is 0.152. The largest absolute Gasteiger partial charge is 0.367 e. The van der Waals surface area contributed by atoms with Crippen molar-refractivity contribution in [3.63, 3.8) is 0 Å². The first-order valence-electron chi connectivity index (χ1n) is 9.31. The summed E-state index contributed by atoms with van der Waals surface area (Å²) in [6, 6.07) is 17.3. The van der Waals surface area contributed by atoms with Crippen LogP contribution in [0.1, 0.15) is 16.1 Å². The SMILES string of the molecule is Cc1c(C(=O)NCCNc2ccc(-n3cccc3)nn2)cnn1-c1ccccc1. The fourth-order valence-electron chi connectivity index (χ4n) is 2.97. The molecule has 4 rings (SSSR count). The molecule has 0 aliphatic carbocycles. The van der Waals surface area contributed by atoms with Gasteiger partial charge in [-0.05, 0) is 43.3 Å². The summed E-state index contributed by atoms with van der Waals surface area (Å²) in [6.45, 7) is 2.88. The van der Waals surface area contributed by atoms with Crippen molar-refractivity contribution in [2.45, 2.75) is 6.92 Å². The van der Waals surface area contributed by atoms with Gasteiger partial charge in [0.15, 0.2) is 5.82 Å². The van der Waals surface area contributed by atoms with E-state index in [0.29, 0.717) is 24.5 Å². The maximum atomic E-state index is 12.5. The van der Waals surface area contributed by atoms with Crippen molar-refractivity contribution in [2.75, 3.05) is 18.4 Å². The van der Waals surface area contributed by atoms with Gasteiger partial charge in [-0.25, -0.2) is 4.68 Å². The predicted molar refractivity (Wildman–Crippen MR) is 110 cm³/mol. The molecule has 0 fully saturated rings. The molecule has 0 aliphatic heterocycles. The van der Waals surface area contributed by atoms with E-state index in [4.69, 9.17) is 0 Å². The fourth-order valence-corrected chi connectivity index (χ4v) is 2.97. The van der Waals surface area contributed by atoms with Crippen molar-refractivity contribution in [3.05, 3.63) is 84.4 Å². The zero-order valence-corrected chi connectivity index (χ0v) is 16.0. The van der Waals surface area contributed by atoms with Crippen LogP contribution in [0.25, 0.3) is 11.5 Å². The number of carbonyl (C=O) groups is 1. The maximum absolute atomic E-state index is 12.5. The van der Waals surface area contributed by atoms with E-state index in [2.05, 4.69) is 25.9 Å². The van der Waals surface area contributed by atoms with E-state index in [1.165, 1.54) is 0 Å². The summed E-state index contributed by atoms with van der Waals surface area (Å²) >= 11 is 0. The van der Waals surface area contributed by atoms with E-state index in [0.717, 1.165) is 17.2 Å². The Kier molecular flexibility index (Phi) is 5.33. The summed E-state index contributed by atoms with van der Waals surface area (Å²) in [4.78, 5) is 12.5. The van der Waals surface area contributed by atoms with E-state index in [1.54, 1.807) is 10.9 Å². The van der Waals surface area contributed by atoms with Gasteiger partial charge in [-0.2, -0.15) is 5.10 Å². The third-order valence-corrected chi connectivity index (χ3v) is 4.49. The molecule has 0 atom stereocenters. The summed E-state index contributed by atoms with van der Waals surface area (Å²) in [5.74, 6) is 1.25. The van der Waals surface area contributed by atoms with Gasteiger partial charge in [-0.15, -0.1) is 10.2 Å². The normalized spacial score (nSPS) is 10.7.